The summed E-state index contributed by atoms with van der Waals surface area (Å²) in [4.78, 5) is 0. The van der Waals surface area contributed by atoms with Gasteiger partial charge in [-0.3, -0.25) is 0 Å². The Balaban J connectivity index is 2.14. The molecule has 0 saturated carbocycles. The molecular weight excluding hydrogens is 281 g/mol. The second kappa shape index (κ2) is 5.43. The van der Waals surface area contributed by atoms with Gasteiger partial charge in [0.2, 0.25) is 0 Å². The number of halogens is 2. The molecule has 1 unspecified atom stereocenters. The molecule has 2 aromatic rings. The lowest BCUT2D eigenvalue weighted by molar-refractivity contribution is 0.625. The summed E-state index contributed by atoms with van der Waals surface area (Å²) in [6.45, 7) is 0. The van der Waals surface area contributed by atoms with Gasteiger partial charge in [-0.25, -0.2) is 4.39 Å². The van der Waals surface area contributed by atoms with Crippen molar-refractivity contribution in [3.8, 4) is 0 Å². The lowest BCUT2D eigenvalue weighted by atomic mass is 10.00. The van der Waals surface area contributed by atoms with E-state index < -0.39 is 0 Å². The Bertz CT molecular complexity index is 496. The van der Waals surface area contributed by atoms with Crippen molar-refractivity contribution in [2.45, 2.75) is 12.5 Å². The van der Waals surface area contributed by atoms with Crippen LogP contribution < -0.4 is 5.73 Å². The highest BCUT2D eigenvalue weighted by Gasteiger charge is 2.09. The van der Waals surface area contributed by atoms with E-state index in [0.29, 0.717) is 6.42 Å². The van der Waals surface area contributed by atoms with Crippen molar-refractivity contribution in [1.29, 1.82) is 0 Å². The summed E-state index contributed by atoms with van der Waals surface area (Å²) >= 11 is 3.48. The highest BCUT2D eigenvalue weighted by Crippen LogP contribution is 2.24. The van der Waals surface area contributed by atoms with Crippen molar-refractivity contribution in [2.75, 3.05) is 0 Å². The summed E-state index contributed by atoms with van der Waals surface area (Å²) < 4.78 is 13.8. The minimum absolute atomic E-state index is 0.0870. The van der Waals surface area contributed by atoms with E-state index >= 15 is 0 Å². The van der Waals surface area contributed by atoms with E-state index in [2.05, 4.69) is 15.9 Å². The summed E-state index contributed by atoms with van der Waals surface area (Å²) in [6, 6.07) is 14.3. The molecule has 17 heavy (non-hydrogen) atoms. The van der Waals surface area contributed by atoms with Crippen molar-refractivity contribution in [2.24, 2.45) is 5.73 Å². The monoisotopic (exact) mass is 293 g/mol. The normalized spacial score (nSPS) is 12.4. The topological polar surface area (TPSA) is 26.0 Å². The van der Waals surface area contributed by atoms with Crippen LogP contribution in [0.25, 0.3) is 0 Å². The predicted molar refractivity (Wildman–Crippen MR) is 71.2 cm³/mol. The Morgan fingerprint density at radius 3 is 2.35 bits per heavy atom. The SMILES string of the molecule is NC(Cc1ccc(F)cc1)c1ccccc1Br. The first-order chi connectivity index (χ1) is 8.16. The first-order valence-corrected chi connectivity index (χ1v) is 6.20. The summed E-state index contributed by atoms with van der Waals surface area (Å²) in [5, 5.41) is 0. The molecule has 0 aliphatic heterocycles. The zero-order valence-corrected chi connectivity index (χ0v) is 10.8. The maximum atomic E-state index is 12.8. The van der Waals surface area contributed by atoms with Crippen molar-refractivity contribution in [3.05, 3.63) is 69.9 Å². The summed E-state index contributed by atoms with van der Waals surface area (Å²) in [5.41, 5.74) is 8.25. The van der Waals surface area contributed by atoms with Gasteiger partial charge in [0.25, 0.3) is 0 Å². The number of hydrogen-bond donors (Lipinski definition) is 1. The van der Waals surface area contributed by atoms with Gasteiger partial charge in [0.05, 0.1) is 0 Å². The first kappa shape index (κ1) is 12.3. The Morgan fingerprint density at radius 2 is 1.71 bits per heavy atom. The van der Waals surface area contributed by atoms with Crippen LogP contribution in [0, 0.1) is 5.82 Å². The van der Waals surface area contributed by atoms with Gasteiger partial charge in [0.1, 0.15) is 5.82 Å². The third-order valence-electron chi connectivity index (χ3n) is 2.67. The van der Waals surface area contributed by atoms with Gasteiger partial charge in [-0.2, -0.15) is 0 Å². The number of benzene rings is 2. The van der Waals surface area contributed by atoms with Crippen molar-refractivity contribution in [3.63, 3.8) is 0 Å². The molecule has 0 aliphatic rings. The fourth-order valence-corrected chi connectivity index (χ4v) is 2.34. The van der Waals surface area contributed by atoms with Gasteiger partial charge in [0, 0.05) is 10.5 Å². The molecule has 2 aromatic carbocycles. The van der Waals surface area contributed by atoms with Gasteiger partial charge >= 0.3 is 0 Å². The quantitative estimate of drug-likeness (QED) is 0.914. The van der Waals surface area contributed by atoms with Gasteiger partial charge in [-0.15, -0.1) is 0 Å². The highest BCUT2D eigenvalue weighted by atomic mass is 79.9. The Kier molecular flexibility index (Phi) is 3.92. The molecular formula is C14H13BrFN. The highest BCUT2D eigenvalue weighted by molar-refractivity contribution is 9.10. The van der Waals surface area contributed by atoms with Gasteiger partial charge in [-0.1, -0.05) is 46.3 Å². The molecule has 88 valence electrons. The Labute approximate surface area is 109 Å². The third kappa shape index (κ3) is 3.14. The molecule has 0 aromatic heterocycles. The lowest BCUT2D eigenvalue weighted by Gasteiger charge is -2.13. The maximum Gasteiger partial charge on any atom is 0.123 e. The minimum atomic E-state index is -0.219. The third-order valence-corrected chi connectivity index (χ3v) is 3.40. The summed E-state index contributed by atoms with van der Waals surface area (Å²) in [5.74, 6) is -0.219. The number of nitrogens with two attached hydrogens (primary N) is 1. The average molecular weight is 294 g/mol. The molecule has 3 heteroatoms. The van der Waals surface area contributed by atoms with E-state index in [-0.39, 0.29) is 11.9 Å². The molecule has 0 saturated heterocycles. The molecule has 2 rings (SSSR count). The maximum absolute atomic E-state index is 12.8. The smallest absolute Gasteiger partial charge is 0.123 e. The zero-order valence-electron chi connectivity index (χ0n) is 9.24. The van der Waals surface area contributed by atoms with Gasteiger partial charge in [0.15, 0.2) is 0 Å². The van der Waals surface area contributed by atoms with Crippen LogP contribution in [0.3, 0.4) is 0 Å². The van der Waals surface area contributed by atoms with E-state index in [0.717, 1.165) is 15.6 Å². The van der Waals surface area contributed by atoms with Crippen molar-refractivity contribution in [1.82, 2.24) is 0 Å². The van der Waals surface area contributed by atoms with Crippen LogP contribution >= 0.6 is 15.9 Å². The van der Waals surface area contributed by atoms with Crippen LogP contribution in [0.1, 0.15) is 17.2 Å². The van der Waals surface area contributed by atoms with E-state index in [1.807, 2.05) is 24.3 Å². The lowest BCUT2D eigenvalue weighted by Crippen LogP contribution is -2.13. The molecule has 0 heterocycles. The van der Waals surface area contributed by atoms with Crippen LogP contribution in [0.15, 0.2) is 53.0 Å². The van der Waals surface area contributed by atoms with Crippen LogP contribution in [-0.2, 0) is 6.42 Å². The average Bonchev–Trinajstić information content (AvgIpc) is 2.32. The van der Waals surface area contributed by atoms with Crippen LogP contribution in [0.2, 0.25) is 0 Å². The first-order valence-electron chi connectivity index (χ1n) is 5.41. The molecule has 0 amide bonds. The molecule has 0 spiro atoms. The van der Waals surface area contributed by atoms with E-state index in [1.54, 1.807) is 12.1 Å². The van der Waals surface area contributed by atoms with E-state index in [9.17, 15) is 4.39 Å². The Morgan fingerprint density at radius 1 is 1.06 bits per heavy atom. The van der Waals surface area contributed by atoms with E-state index in [1.165, 1.54) is 12.1 Å². The molecule has 0 radical (unpaired) electrons. The summed E-state index contributed by atoms with van der Waals surface area (Å²) in [7, 11) is 0. The predicted octanol–water partition coefficient (Wildman–Crippen LogP) is 3.83. The molecule has 0 aliphatic carbocycles. The van der Waals surface area contributed by atoms with Gasteiger partial charge in [-0.05, 0) is 35.7 Å². The summed E-state index contributed by atoms with van der Waals surface area (Å²) in [6.07, 6.45) is 0.697. The molecule has 0 bridgehead atoms. The fourth-order valence-electron chi connectivity index (χ4n) is 1.76. The standard InChI is InChI=1S/C14H13BrFN/c15-13-4-2-1-3-12(13)14(17)9-10-5-7-11(16)8-6-10/h1-8,14H,9,17H2. The molecule has 1 atom stereocenters. The fraction of sp³-hybridized carbons (Fsp3) is 0.143. The van der Waals surface area contributed by atoms with E-state index in [4.69, 9.17) is 5.73 Å². The van der Waals surface area contributed by atoms with Crippen molar-refractivity contribution >= 4 is 15.9 Å². The minimum Gasteiger partial charge on any atom is -0.324 e. The van der Waals surface area contributed by atoms with Crippen molar-refractivity contribution < 1.29 is 4.39 Å². The largest absolute Gasteiger partial charge is 0.324 e. The second-order valence-electron chi connectivity index (χ2n) is 3.96. The zero-order chi connectivity index (χ0) is 12.3. The van der Waals surface area contributed by atoms with Gasteiger partial charge < -0.3 is 5.73 Å². The van der Waals surface area contributed by atoms with Crippen LogP contribution in [0.4, 0.5) is 4.39 Å². The second-order valence-corrected chi connectivity index (χ2v) is 4.81. The number of hydrogen-bond acceptors (Lipinski definition) is 1. The van der Waals surface area contributed by atoms with Crippen LogP contribution in [0.5, 0.6) is 0 Å². The molecule has 2 N–H and O–H groups in total. The van der Waals surface area contributed by atoms with Crippen LogP contribution in [-0.4, -0.2) is 0 Å². The molecule has 1 nitrogen and oxygen atoms in total. The number of rotatable bonds is 3. The Hall–Kier alpha value is -1.19. The molecule has 0 fully saturated rings.